The standard InChI is InChI=1S/C17H21N3O2S/c1-11-10-23-16-14(22-17(21)20-7-4-18-5-8-20)9-13-12(15(11)16)3-6-19(13)2/h9-10,18H,3-8H2,1-2H3. The number of rotatable bonds is 1. The Bertz CT molecular complexity index is 765. The predicted molar refractivity (Wildman–Crippen MR) is 94.0 cm³/mol. The van der Waals surface area contributed by atoms with Crippen molar-refractivity contribution < 1.29 is 9.53 Å². The molecule has 6 heteroatoms. The van der Waals surface area contributed by atoms with Crippen LogP contribution in [0.5, 0.6) is 5.75 Å². The van der Waals surface area contributed by atoms with Crippen LogP contribution in [0.2, 0.25) is 0 Å². The van der Waals surface area contributed by atoms with Crippen LogP contribution in [-0.2, 0) is 6.42 Å². The molecule has 2 aromatic rings. The minimum Gasteiger partial charge on any atom is -0.409 e. The van der Waals surface area contributed by atoms with Crippen molar-refractivity contribution in [1.82, 2.24) is 10.2 Å². The van der Waals surface area contributed by atoms with Gasteiger partial charge in [0, 0.05) is 56.9 Å². The van der Waals surface area contributed by atoms with E-state index in [1.165, 1.54) is 22.2 Å². The van der Waals surface area contributed by atoms with Crippen molar-refractivity contribution in [3.8, 4) is 5.75 Å². The minimum absolute atomic E-state index is 0.237. The van der Waals surface area contributed by atoms with Gasteiger partial charge in [-0.3, -0.25) is 0 Å². The van der Waals surface area contributed by atoms with Gasteiger partial charge >= 0.3 is 6.09 Å². The summed E-state index contributed by atoms with van der Waals surface area (Å²) in [5.74, 6) is 0.703. The first-order valence-corrected chi connectivity index (χ1v) is 8.95. The number of fused-ring (bicyclic) bond motifs is 3. The molecule has 3 heterocycles. The lowest BCUT2D eigenvalue weighted by Crippen LogP contribution is -2.47. The molecule has 1 saturated heterocycles. The molecular weight excluding hydrogens is 310 g/mol. The topological polar surface area (TPSA) is 44.8 Å². The molecule has 2 aliphatic rings. The Labute approximate surface area is 139 Å². The molecule has 1 aromatic carbocycles. The van der Waals surface area contributed by atoms with Gasteiger partial charge in [-0.1, -0.05) is 0 Å². The van der Waals surface area contributed by atoms with Crippen LogP contribution in [0.3, 0.4) is 0 Å². The lowest BCUT2D eigenvalue weighted by atomic mass is 10.0. The molecule has 1 amide bonds. The largest absolute Gasteiger partial charge is 0.415 e. The van der Waals surface area contributed by atoms with Gasteiger partial charge in [-0.2, -0.15) is 0 Å². The van der Waals surface area contributed by atoms with Gasteiger partial charge in [0.15, 0.2) is 5.75 Å². The van der Waals surface area contributed by atoms with E-state index in [1.807, 2.05) is 6.07 Å². The number of benzene rings is 1. The molecule has 5 nitrogen and oxygen atoms in total. The number of anilines is 1. The number of aryl methyl sites for hydroxylation is 1. The van der Waals surface area contributed by atoms with Gasteiger partial charge in [-0.05, 0) is 29.9 Å². The first-order chi connectivity index (χ1) is 11.1. The smallest absolute Gasteiger partial charge is 0.409 e. The molecule has 0 radical (unpaired) electrons. The number of hydrogen-bond donors (Lipinski definition) is 1. The zero-order valence-electron chi connectivity index (χ0n) is 13.5. The summed E-state index contributed by atoms with van der Waals surface area (Å²) >= 11 is 1.67. The molecule has 23 heavy (non-hydrogen) atoms. The number of hydrogen-bond acceptors (Lipinski definition) is 5. The van der Waals surface area contributed by atoms with Crippen LogP contribution < -0.4 is 15.0 Å². The van der Waals surface area contributed by atoms with E-state index in [1.54, 1.807) is 16.2 Å². The molecule has 4 rings (SSSR count). The van der Waals surface area contributed by atoms with E-state index >= 15 is 0 Å². The normalized spacial score (nSPS) is 17.7. The number of nitrogens with zero attached hydrogens (tertiary/aromatic N) is 2. The molecular formula is C17H21N3O2S. The van der Waals surface area contributed by atoms with Crippen LogP contribution in [0.4, 0.5) is 10.5 Å². The van der Waals surface area contributed by atoms with E-state index in [9.17, 15) is 4.79 Å². The fourth-order valence-electron chi connectivity index (χ4n) is 3.48. The van der Waals surface area contributed by atoms with Gasteiger partial charge in [-0.15, -0.1) is 11.3 Å². The fraction of sp³-hybridized carbons (Fsp3) is 0.471. The molecule has 0 saturated carbocycles. The zero-order valence-corrected chi connectivity index (χ0v) is 14.3. The van der Waals surface area contributed by atoms with Gasteiger partial charge in [0.05, 0.1) is 4.70 Å². The Morgan fingerprint density at radius 3 is 2.87 bits per heavy atom. The molecule has 0 bridgehead atoms. The Hall–Kier alpha value is -1.79. The quantitative estimate of drug-likeness (QED) is 0.872. The summed E-state index contributed by atoms with van der Waals surface area (Å²) in [4.78, 5) is 16.5. The Balaban J connectivity index is 1.72. The van der Waals surface area contributed by atoms with Crippen molar-refractivity contribution in [1.29, 1.82) is 0 Å². The highest BCUT2D eigenvalue weighted by Gasteiger charge is 2.25. The highest BCUT2D eigenvalue weighted by molar-refractivity contribution is 7.17. The molecule has 0 atom stereocenters. The Morgan fingerprint density at radius 1 is 1.30 bits per heavy atom. The molecule has 1 N–H and O–H groups in total. The third-order valence-electron chi connectivity index (χ3n) is 4.76. The van der Waals surface area contributed by atoms with Crippen LogP contribution >= 0.6 is 11.3 Å². The lowest BCUT2D eigenvalue weighted by molar-refractivity contribution is 0.146. The van der Waals surface area contributed by atoms with Crippen molar-refractivity contribution in [2.24, 2.45) is 0 Å². The number of likely N-dealkylation sites (N-methyl/N-ethyl adjacent to an activating group) is 1. The van der Waals surface area contributed by atoms with Gasteiger partial charge in [0.2, 0.25) is 0 Å². The van der Waals surface area contributed by atoms with Gasteiger partial charge < -0.3 is 19.9 Å². The average molecular weight is 331 g/mol. The number of thiophene rings is 1. The van der Waals surface area contributed by atoms with Crippen molar-refractivity contribution in [3.05, 3.63) is 22.6 Å². The van der Waals surface area contributed by atoms with Crippen molar-refractivity contribution in [3.63, 3.8) is 0 Å². The average Bonchev–Trinajstić information content (AvgIpc) is 3.12. The number of carbonyl (C=O) groups is 1. The predicted octanol–water partition coefficient (Wildman–Crippen LogP) is 2.61. The highest BCUT2D eigenvalue weighted by Crippen LogP contribution is 2.43. The third kappa shape index (κ3) is 2.46. The molecule has 0 aliphatic carbocycles. The lowest BCUT2D eigenvalue weighted by Gasteiger charge is -2.26. The summed E-state index contributed by atoms with van der Waals surface area (Å²) in [5, 5.41) is 6.69. The number of piperazine rings is 1. The Morgan fingerprint density at radius 2 is 2.09 bits per heavy atom. The molecule has 2 aliphatic heterocycles. The van der Waals surface area contributed by atoms with Crippen molar-refractivity contribution >= 4 is 33.2 Å². The first kappa shape index (κ1) is 14.8. The summed E-state index contributed by atoms with van der Waals surface area (Å²) in [6.07, 6.45) is 0.825. The summed E-state index contributed by atoms with van der Waals surface area (Å²) in [7, 11) is 2.10. The van der Waals surface area contributed by atoms with E-state index in [4.69, 9.17) is 4.74 Å². The third-order valence-corrected chi connectivity index (χ3v) is 5.87. The highest BCUT2D eigenvalue weighted by atomic mass is 32.1. The fourth-order valence-corrected chi connectivity index (χ4v) is 4.51. The van der Waals surface area contributed by atoms with Gasteiger partial charge in [0.1, 0.15) is 0 Å². The molecule has 1 fully saturated rings. The second-order valence-electron chi connectivity index (χ2n) is 6.27. The van der Waals surface area contributed by atoms with Gasteiger partial charge in [-0.25, -0.2) is 4.79 Å². The SMILES string of the molecule is Cc1csc2c(OC(=O)N3CCNCC3)cc3c(c12)CCN3C. The maximum Gasteiger partial charge on any atom is 0.415 e. The Kier molecular flexibility index (Phi) is 3.66. The first-order valence-electron chi connectivity index (χ1n) is 8.07. The van der Waals surface area contributed by atoms with E-state index < -0.39 is 0 Å². The molecule has 1 aromatic heterocycles. The van der Waals surface area contributed by atoms with Gasteiger partial charge in [0.25, 0.3) is 0 Å². The van der Waals surface area contributed by atoms with E-state index in [0.717, 1.165) is 30.8 Å². The second-order valence-corrected chi connectivity index (χ2v) is 7.15. The second kappa shape index (κ2) is 5.69. The number of carbonyl (C=O) groups excluding carboxylic acids is 1. The molecule has 0 unspecified atom stereocenters. The van der Waals surface area contributed by atoms with Crippen LogP contribution in [0, 0.1) is 6.92 Å². The molecule has 122 valence electrons. The summed E-state index contributed by atoms with van der Waals surface area (Å²) < 4.78 is 6.89. The molecule has 0 spiro atoms. The zero-order chi connectivity index (χ0) is 16.0. The summed E-state index contributed by atoms with van der Waals surface area (Å²) in [6, 6.07) is 2.04. The summed E-state index contributed by atoms with van der Waals surface area (Å²) in [5.41, 5.74) is 3.86. The monoisotopic (exact) mass is 331 g/mol. The number of nitrogens with one attached hydrogen (secondary N) is 1. The van der Waals surface area contributed by atoms with E-state index in [0.29, 0.717) is 18.8 Å². The van der Waals surface area contributed by atoms with Crippen molar-refractivity contribution in [2.45, 2.75) is 13.3 Å². The van der Waals surface area contributed by atoms with Crippen LogP contribution in [0.15, 0.2) is 11.4 Å². The maximum absolute atomic E-state index is 12.5. The van der Waals surface area contributed by atoms with E-state index in [2.05, 4.69) is 29.6 Å². The minimum atomic E-state index is -0.237. The van der Waals surface area contributed by atoms with Crippen molar-refractivity contribution in [2.75, 3.05) is 44.7 Å². The maximum atomic E-state index is 12.5. The number of ether oxygens (including phenoxy) is 1. The van der Waals surface area contributed by atoms with Crippen LogP contribution in [0.25, 0.3) is 10.1 Å². The summed E-state index contributed by atoms with van der Waals surface area (Å²) in [6.45, 7) is 6.23. The van der Waals surface area contributed by atoms with Crippen LogP contribution in [0.1, 0.15) is 11.1 Å². The van der Waals surface area contributed by atoms with E-state index in [-0.39, 0.29) is 6.09 Å². The number of amides is 1. The van der Waals surface area contributed by atoms with Crippen LogP contribution in [-0.4, -0.2) is 50.8 Å².